The average Bonchev–Trinajstić information content (AvgIpc) is 3.24. The van der Waals surface area contributed by atoms with Crippen molar-refractivity contribution in [2.24, 2.45) is 0 Å². The zero-order chi connectivity index (χ0) is 21.2. The molecule has 2 aliphatic rings. The maximum Gasteiger partial charge on any atom is 0.192 e. The lowest BCUT2D eigenvalue weighted by Gasteiger charge is -2.37. The predicted molar refractivity (Wildman–Crippen MR) is 111 cm³/mol. The van der Waals surface area contributed by atoms with Crippen molar-refractivity contribution in [3.05, 3.63) is 17.8 Å². The second-order valence-corrected chi connectivity index (χ2v) is 14.9. The number of ether oxygens (including phenoxy) is 3. The number of hydrogen-bond donors (Lipinski definition) is 0. The molecule has 4 atom stereocenters. The summed E-state index contributed by atoms with van der Waals surface area (Å²) < 4.78 is 27.1. The molecule has 2 saturated heterocycles. The summed E-state index contributed by atoms with van der Waals surface area (Å²) in [6.45, 7) is 15.4. The number of hydrogen-bond acceptors (Lipinski definition) is 7. The molecule has 0 radical (unpaired) electrons. The largest absolute Gasteiger partial charge is 0.414 e. The van der Waals surface area contributed by atoms with Crippen LogP contribution >= 0.6 is 11.6 Å². The van der Waals surface area contributed by atoms with Gasteiger partial charge >= 0.3 is 0 Å². The average molecular weight is 441 g/mol. The molecule has 0 saturated carbocycles. The van der Waals surface area contributed by atoms with Gasteiger partial charge in [-0.25, -0.2) is 15.0 Å². The summed E-state index contributed by atoms with van der Waals surface area (Å²) in [4.78, 5) is 12.7. The van der Waals surface area contributed by atoms with Gasteiger partial charge in [0.1, 0.15) is 30.2 Å². The first-order valence-electron chi connectivity index (χ1n) is 9.88. The predicted octanol–water partition coefficient (Wildman–Crippen LogP) is 3.92. The van der Waals surface area contributed by atoms with Gasteiger partial charge in [0.15, 0.2) is 31.1 Å². The van der Waals surface area contributed by atoms with Crippen LogP contribution < -0.4 is 0 Å². The number of halogens is 1. The summed E-state index contributed by atoms with van der Waals surface area (Å²) in [5.74, 6) is -0.699. The summed E-state index contributed by atoms with van der Waals surface area (Å²) in [6.07, 6.45) is 1.85. The molecule has 0 bridgehead atoms. The van der Waals surface area contributed by atoms with Crippen molar-refractivity contribution >= 4 is 31.1 Å². The van der Waals surface area contributed by atoms with Crippen LogP contribution in [0.25, 0.3) is 11.2 Å². The van der Waals surface area contributed by atoms with Crippen molar-refractivity contribution in [1.29, 1.82) is 0 Å². The molecule has 0 N–H and O–H groups in total. The fourth-order valence-corrected chi connectivity index (χ4v) is 4.72. The van der Waals surface area contributed by atoms with Gasteiger partial charge in [-0.3, -0.25) is 4.57 Å². The van der Waals surface area contributed by atoms with E-state index in [0.29, 0.717) is 22.9 Å². The van der Waals surface area contributed by atoms with Crippen molar-refractivity contribution < 1.29 is 18.6 Å². The van der Waals surface area contributed by atoms with Gasteiger partial charge in [-0.05, 0) is 32.0 Å². The Balaban J connectivity index is 1.62. The van der Waals surface area contributed by atoms with Crippen LogP contribution in [0.3, 0.4) is 0 Å². The van der Waals surface area contributed by atoms with Gasteiger partial charge < -0.3 is 18.6 Å². The lowest BCUT2D eigenvalue weighted by Crippen LogP contribution is -2.44. The van der Waals surface area contributed by atoms with E-state index in [-0.39, 0.29) is 23.4 Å². The summed E-state index contributed by atoms with van der Waals surface area (Å²) >= 11 is 6.17. The van der Waals surface area contributed by atoms with E-state index in [1.807, 2.05) is 18.4 Å². The molecule has 2 aromatic rings. The van der Waals surface area contributed by atoms with Crippen LogP contribution in [0.2, 0.25) is 23.3 Å². The minimum Gasteiger partial charge on any atom is -0.414 e. The first-order chi connectivity index (χ1) is 13.4. The summed E-state index contributed by atoms with van der Waals surface area (Å²) in [5, 5.41) is 0.426. The van der Waals surface area contributed by atoms with Crippen molar-refractivity contribution in [2.45, 2.75) is 83.1 Å². The summed E-state index contributed by atoms with van der Waals surface area (Å²) in [5.41, 5.74) is 1.14. The number of fused-ring (bicyclic) bond motifs is 2. The third-order valence-electron chi connectivity index (χ3n) is 6.13. The van der Waals surface area contributed by atoms with E-state index in [4.69, 9.17) is 30.2 Å². The Labute approximate surface area is 177 Å². The molecule has 2 fully saturated rings. The summed E-state index contributed by atoms with van der Waals surface area (Å²) in [6, 6.07) is 0. The van der Waals surface area contributed by atoms with E-state index in [1.165, 1.54) is 6.33 Å². The van der Waals surface area contributed by atoms with Crippen LogP contribution in [0.1, 0.15) is 40.8 Å². The molecule has 10 heteroatoms. The highest BCUT2D eigenvalue weighted by Crippen LogP contribution is 2.45. The minimum absolute atomic E-state index is 0.116. The van der Waals surface area contributed by atoms with E-state index in [9.17, 15) is 0 Å². The molecule has 29 heavy (non-hydrogen) atoms. The molecule has 160 valence electrons. The molecule has 8 nitrogen and oxygen atoms in total. The Hall–Kier alpha value is -1.10. The van der Waals surface area contributed by atoms with Gasteiger partial charge in [0, 0.05) is 0 Å². The molecule has 0 aliphatic carbocycles. The molecule has 0 aromatic carbocycles. The van der Waals surface area contributed by atoms with Gasteiger partial charge in [0.25, 0.3) is 0 Å². The van der Waals surface area contributed by atoms with Crippen molar-refractivity contribution in [2.75, 3.05) is 6.61 Å². The Morgan fingerprint density at radius 1 is 1.17 bits per heavy atom. The van der Waals surface area contributed by atoms with Crippen molar-refractivity contribution in [3.8, 4) is 0 Å². The maximum atomic E-state index is 6.43. The van der Waals surface area contributed by atoms with Gasteiger partial charge in [-0.15, -0.1) is 0 Å². The first-order valence-corrected chi connectivity index (χ1v) is 13.2. The van der Waals surface area contributed by atoms with Gasteiger partial charge in [-0.2, -0.15) is 0 Å². The number of imidazole rings is 1. The second kappa shape index (κ2) is 6.96. The highest BCUT2D eigenvalue weighted by atomic mass is 35.5. The van der Waals surface area contributed by atoms with Crippen LogP contribution in [0.4, 0.5) is 0 Å². The highest BCUT2D eigenvalue weighted by Gasteiger charge is 2.56. The second-order valence-electron chi connectivity index (χ2n) is 9.69. The van der Waals surface area contributed by atoms with Crippen molar-refractivity contribution in [3.63, 3.8) is 0 Å². The molecular formula is C19H29ClN4O4Si. The smallest absolute Gasteiger partial charge is 0.192 e. The normalized spacial score (nSPS) is 29.5. The first kappa shape index (κ1) is 21.1. The molecule has 0 amide bonds. The Bertz CT molecular complexity index is 913. The van der Waals surface area contributed by atoms with Gasteiger partial charge in [0.05, 0.1) is 12.9 Å². The highest BCUT2D eigenvalue weighted by molar-refractivity contribution is 6.74. The van der Waals surface area contributed by atoms with E-state index in [1.54, 1.807) is 6.33 Å². The van der Waals surface area contributed by atoms with E-state index in [0.717, 1.165) is 0 Å². The molecule has 4 unspecified atom stereocenters. The van der Waals surface area contributed by atoms with Crippen LogP contribution in [0, 0.1) is 0 Å². The lowest BCUT2D eigenvalue weighted by molar-refractivity contribution is -0.199. The molecule has 0 spiro atoms. The zero-order valence-electron chi connectivity index (χ0n) is 18.0. The Morgan fingerprint density at radius 2 is 1.86 bits per heavy atom. The van der Waals surface area contributed by atoms with E-state index >= 15 is 0 Å². The third kappa shape index (κ3) is 3.73. The summed E-state index contributed by atoms with van der Waals surface area (Å²) in [7, 11) is -1.93. The van der Waals surface area contributed by atoms with Crippen LogP contribution in [-0.4, -0.2) is 58.5 Å². The van der Waals surface area contributed by atoms with Gasteiger partial charge in [-0.1, -0.05) is 32.4 Å². The SMILES string of the molecule is CC1(C)OC2C(CO[Si](C)(C)C(C)(C)C)OC(n3cnc4c(Cl)ncnc43)C2O1. The number of aromatic nitrogens is 4. The fraction of sp³-hybridized carbons (Fsp3) is 0.737. The molecule has 2 aromatic heterocycles. The van der Waals surface area contributed by atoms with E-state index in [2.05, 4.69) is 48.8 Å². The fourth-order valence-electron chi connectivity index (χ4n) is 3.53. The quantitative estimate of drug-likeness (QED) is 0.526. The zero-order valence-corrected chi connectivity index (χ0v) is 19.7. The molecule has 2 aliphatic heterocycles. The lowest BCUT2D eigenvalue weighted by atomic mass is 10.1. The Morgan fingerprint density at radius 3 is 2.55 bits per heavy atom. The molecule has 4 rings (SSSR count). The van der Waals surface area contributed by atoms with Crippen LogP contribution in [0.5, 0.6) is 0 Å². The number of nitrogens with zero attached hydrogens (tertiary/aromatic N) is 4. The third-order valence-corrected chi connectivity index (χ3v) is 10.9. The molecular weight excluding hydrogens is 412 g/mol. The standard InChI is InChI=1S/C19H29ClN4O4Si/c1-18(2,3)29(6,7)25-8-11-13-14(28-19(4,5)27-13)17(26-11)24-10-23-12-15(20)21-9-22-16(12)24/h9-11,13-14,17H,8H2,1-7H3. The minimum atomic E-state index is -1.93. The van der Waals surface area contributed by atoms with Crippen molar-refractivity contribution in [1.82, 2.24) is 19.5 Å². The maximum absolute atomic E-state index is 6.43. The number of rotatable bonds is 4. The van der Waals surface area contributed by atoms with Crippen LogP contribution in [0.15, 0.2) is 12.7 Å². The van der Waals surface area contributed by atoms with Crippen LogP contribution in [-0.2, 0) is 18.6 Å². The topological polar surface area (TPSA) is 80.5 Å². The Kier molecular flexibility index (Phi) is 5.08. The van der Waals surface area contributed by atoms with E-state index < -0.39 is 20.3 Å². The molecule has 4 heterocycles. The van der Waals surface area contributed by atoms with Gasteiger partial charge in [0.2, 0.25) is 0 Å². The monoisotopic (exact) mass is 440 g/mol.